The second-order valence-corrected chi connectivity index (χ2v) is 6.68. The summed E-state index contributed by atoms with van der Waals surface area (Å²) in [5.41, 5.74) is 0.105. The Morgan fingerprint density at radius 1 is 1.17 bits per heavy atom. The number of aliphatic hydroxyl groups is 1. The number of nitrogens with one attached hydrogen (secondary N) is 1. The van der Waals surface area contributed by atoms with E-state index >= 15 is 0 Å². The molecule has 1 heterocycles. The van der Waals surface area contributed by atoms with Crippen molar-refractivity contribution in [1.82, 2.24) is 15.1 Å². The third-order valence-electron chi connectivity index (χ3n) is 5.10. The van der Waals surface area contributed by atoms with Gasteiger partial charge in [0.25, 0.3) is 0 Å². The number of hydrogen-bond donors (Lipinski definition) is 2. The Hall–Kier alpha value is -1.92. The molecule has 24 heavy (non-hydrogen) atoms. The average Bonchev–Trinajstić information content (AvgIpc) is 3.44. The summed E-state index contributed by atoms with van der Waals surface area (Å²) in [5, 5.41) is 12.9. The zero-order valence-electron chi connectivity index (χ0n) is 14.1. The van der Waals surface area contributed by atoms with Gasteiger partial charge in [-0.3, -0.25) is 14.5 Å². The van der Waals surface area contributed by atoms with Crippen LogP contribution in [0.4, 0.5) is 0 Å². The predicted octanol–water partition coefficient (Wildman–Crippen LogP) is 0.390. The maximum absolute atomic E-state index is 12.6. The van der Waals surface area contributed by atoms with Crippen molar-refractivity contribution in [3.8, 4) is 0 Å². The van der Waals surface area contributed by atoms with Gasteiger partial charge in [0.2, 0.25) is 11.8 Å². The normalized spacial score (nSPS) is 21.2. The number of aliphatic hydroxyl groups excluding tert-OH is 1. The summed E-state index contributed by atoms with van der Waals surface area (Å²) in [5.74, 6) is -0.195. The van der Waals surface area contributed by atoms with Crippen molar-refractivity contribution in [3.63, 3.8) is 0 Å². The summed E-state index contributed by atoms with van der Waals surface area (Å²) >= 11 is 0. The molecule has 1 saturated carbocycles. The molecular weight excluding hydrogens is 306 g/mol. The Morgan fingerprint density at radius 3 is 2.33 bits per heavy atom. The Morgan fingerprint density at radius 2 is 1.79 bits per heavy atom. The van der Waals surface area contributed by atoms with Crippen molar-refractivity contribution in [1.29, 1.82) is 0 Å². The fraction of sp³-hybridized carbons (Fsp3) is 0.556. The minimum absolute atomic E-state index is 0.0369. The first-order valence-corrected chi connectivity index (χ1v) is 8.54. The number of benzene rings is 1. The first-order chi connectivity index (χ1) is 11.6. The average molecular weight is 331 g/mol. The van der Waals surface area contributed by atoms with Gasteiger partial charge in [-0.1, -0.05) is 30.3 Å². The van der Waals surface area contributed by atoms with Gasteiger partial charge in [-0.15, -0.1) is 0 Å². The second kappa shape index (κ2) is 6.91. The van der Waals surface area contributed by atoms with Crippen LogP contribution in [0.1, 0.15) is 24.5 Å². The Labute approximate surface area is 142 Å². The molecule has 0 spiro atoms. The highest BCUT2D eigenvalue weighted by Gasteiger charge is 2.57. The van der Waals surface area contributed by atoms with Gasteiger partial charge in [-0.05, 0) is 18.4 Å². The molecule has 1 aromatic carbocycles. The molecule has 1 aromatic rings. The number of nitrogens with zero attached hydrogens (tertiary/aromatic N) is 2. The van der Waals surface area contributed by atoms with E-state index in [9.17, 15) is 14.7 Å². The van der Waals surface area contributed by atoms with Crippen molar-refractivity contribution >= 4 is 11.8 Å². The summed E-state index contributed by atoms with van der Waals surface area (Å²) < 4.78 is 0. The van der Waals surface area contributed by atoms with E-state index in [4.69, 9.17) is 0 Å². The van der Waals surface area contributed by atoms with Crippen LogP contribution in [0.5, 0.6) is 0 Å². The zero-order chi connectivity index (χ0) is 17.2. The lowest BCUT2D eigenvalue weighted by molar-refractivity contribution is -0.145. The summed E-state index contributed by atoms with van der Waals surface area (Å²) in [6.45, 7) is 3.23. The Kier molecular flexibility index (Phi) is 4.87. The third-order valence-corrected chi connectivity index (χ3v) is 5.10. The number of piperazine rings is 1. The summed E-state index contributed by atoms with van der Waals surface area (Å²) in [6, 6.07) is 9.61. The summed E-state index contributed by atoms with van der Waals surface area (Å²) in [7, 11) is 1.58. The molecule has 2 fully saturated rings. The van der Waals surface area contributed by atoms with Crippen LogP contribution in [0, 0.1) is 5.41 Å². The van der Waals surface area contributed by atoms with Gasteiger partial charge in [0.05, 0.1) is 6.10 Å². The van der Waals surface area contributed by atoms with E-state index in [1.54, 1.807) is 11.9 Å². The minimum Gasteiger partial charge on any atom is -0.387 e. The lowest BCUT2D eigenvalue weighted by Crippen LogP contribution is -2.53. The fourth-order valence-electron chi connectivity index (χ4n) is 3.36. The molecule has 0 radical (unpaired) electrons. The van der Waals surface area contributed by atoms with Crippen LogP contribution < -0.4 is 5.32 Å². The largest absolute Gasteiger partial charge is 0.387 e. The van der Waals surface area contributed by atoms with Gasteiger partial charge in [0.1, 0.15) is 5.41 Å². The molecule has 1 atom stereocenters. The standard InChI is InChI=1S/C18H25N3O3/c1-19-16(23)18(7-8-18)17(24)21-11-9-20(10-12-21)13-15(22)14-5-3-2-4-6-14/h2-6,15,22H,7-13H2,1H3,(H,19,23). The molecule has 2 amide bonds. The number of hydrogen-bond acceptors (Lipinski definition) is 4. The highest BCUT2D eigenvalue weighted by atomic mass is 16.3. The van der Waals surface area contributed by atoms with Crippen LogP contribution in [-0.4, -0.2) is 66.5 Å². The maximum Gasteiger partial charge on any atom is 0.238 e. The molecule has 2 aliphatic rings. The maximum atomic E-state index is 12.6. The zero-order valence-corrected chi connectivity index (χ0v) is 14.1. The first kappa shape index (κ1) is 16.9. The molecule has 1 aliphatic carbocycles. The lowest BCUT2D eigenvalue weighted by Gasteiger charge is -2.37. The SMILES string of the molecule is CNC(=O)C1(C(=O)N2CCN(CC(O)c3ccccc3)CC2)CC1. The summed E-state index contributed by atoms with van der Waals surface area (Å²) in [6.07, 6.45) is 0.783. The van der Waals surface area contributed by atoms with Gasteiger partial charge >= 0.3 is 0 Å². The highest BCUT2D eigenvalue weighted by Crippen LogP contribution is 2.47. The second-order valence-electron chi connectivity index (χ2n) is 6.68. The molecule has 0 bridgehead atoms. The van der Waals surface area contributed by atoms with Gasteiger partial charge in [-0.25, -0.2) is 0 Å². The van der Waals surface area contributed by atoms with E-state index in [0.717, 1.165) is 18.7 Å². The van der Waals surface area contributed by atoms with Crippen LogP contribution in [-0.2, 0) is 9.59 Å². The topological polar surface area (TPSA) is 72.9 Å². The quantitative estimate of drug-likeness (QED) is 0.766. The van der Waals surface area contributed by atoms with Gasteiger partial charge in [0, 0.05) is 39.8 Å². The molecule has 6 heteroatoms. The molecule has 1 saturated heterocycles. The van der Waals surface area contributed by atoms with Gasteiger partial charge in [-0.2, -0.15) is 0 Å². The lowest BCUT2D eigenvalue weighted by atomic mass is 10.0. The van der Waals surface area contributed by atoms with Crippen molar-refractivity contribution < 1.29 is 14.7 Å². The highest BCUT2D eigenvalue weighted by molar-refractivity contribution is 6.07. The van der Waals surface area contributed by atoms with Crippen molar-refractivity contribution in [2.45, 2.75) is 18.9 Å². The Balaban J connectivity index is 1.51. The van der Waals surface area contributed by atoms with Crippen molar-refractivity contribution in [3.05, 3.63) is 35.9 Å². The van der Waals surface area contributed by atoms with Crippen LogP contribution in [0.2, 0.25) is 0 Å². The van der Waals surface area contributed by atoms with Crippen molar-refractivity contribution in [2.24, 2.45) is 5.41 Å². The van der Waals surface area contributed by atoms with E-state index in [1.807, 2.05) is 30.3 Å². The smallest absolute Gasteiger partial charge is 0.238 e. The molecule has 6 nitrogen and oxygen atoms in total. The number of amides is 2. The molecule has 1 unspecified atom stereocenters. The van der Waals surface area contributed by atoms with E-state index in [2.05, 4.69) is 10.2 Å². The van der Waals surface area contributed by atoms with Crippen LogP contribution in [0.25, 0.3) is 0 Å². The molecule has 1 aliphatic heterocycles. The first-order valence-electron chi connectivity index (χ1n) is 8.54. The van der Waals surface area contributed by atoms with Crippen molar-refractivity contribution in [2.75, 3.05) is 39.8 Å². The van der Waals surface area contributed by atoms with Crippen LogP contribution in [0.15, 0.2) is 30.3 Å². The van der Waals surface area contributed by atoms with E-state index in [1.165, 1.54) is 0 Å². The number of carbonyl (C=O) groups is 2. The van der Waals surface area contributed by atoms with Gasteiger partial charge < -0.3 is 15.3 Å². The molecular formula is C18H25N3O3. The van der Waals surface area contributed by atoms with E-state index < -0.39 is 11.5 Å². The van der Waals surface area contributed by atoms with Crippen LogP contribution in [0.3, 0.4) is 0 Å². The minimum atomic E-state index is -0.805. The Bertz CT molecular complexity index is 593. The number of β-amino-alcohol motifs (C(OH)–C–C–N with tert-alkyl or cyclic N) is 1. The molecule has 130 valence electrons. The van der Waals surface area contributed by atoms with Gasteiger partial charge in [0.15, 0.2) is 0 Å². The summed E-state index contributed by atoms with van der Waals surface area (Å²) in [4.78, 5) is 28.5. The third kappa shape index (κ3) is 3.30. The van der Waals surface area contributed by atoms with E-state index in [0.29, 0.717) is 32.5 Å². The molecule has 3 rings (SSSR count). The fourth-order valence-corrected chi connectivity index (χ4v) is 3.36. The number of carbonyl (C=O) groups excluding carboxylic acids is 2. The molecule has 0 aromatic heterocycles. The monoisotopic (exact) mass is 331 g/mol. The van der Waals surface area contributed by atoms with Crippen LogP contribution >= 0.6 is 0 Å². The van der Waals surface area contributed by atoms with E-state index in [-0.39, 0.29) is 11.8 Å². The predicted molar refractivity (Wildman–Crippen MR) is 90.2 cm³/mol. The molecule has 2 N–H and O–H groups in total. The number of rotatable bonds is 5.